The Morgan fingerprint density at radius 3 is 2.86 bits per heavy atom. The number of fused-ring (bicyclic) bond motifs is 1. The minimum Gasteiger partial charge on any atom is -0.396 e. The first-order valence-electron chi connectivity index (χ1n) is 8.69. The average Bonchev–Trinajstić information content (AvgIpc) is 3.04. The maximum absolute atomic E-state index is 13.2. The number of carbonyl (C=O) groups excluding carboxylic acids is 1. The fraction of sp³-hybridized carbons (Fsp3) is 0.263. The topological polar surface area (TPSA) is 88.4 Å². The molecular formula is C19H21FN4O3S. The van der Waals surface area contributed by atoms with Gasteiger partial charge in [-0.15, -0.1) is 0 Å². The lowest BCUT2D eigenvalue weighted by atomic mass is 10.2. The summed E-state index contributed by atoms with van der Waals surface area (Å²) in [6, 6.07) is 8.04. The molecule has 0 radical (unpaired) electrons. The second-order valence-corrected chi connectivity index (χ2v) is 6.98. The Bertz CT molecular complexity index is 946. The number of nitrogens with zero attached hydrogens (tertiary/aromatic N) is 2. The van der Waals surface area contributed by atoms with Crippen LogP contribution in [0.25, 0.3) is 10.9 Å². The van der Waals surface area contributed by atoms with Crippen molar-refractivity contribution in [3.63, 3.8) is 0 Å². The van der Waals surface area contributed by atoms with Crippen LogP contribution in [0.3, 0.4) is 0 Å². The molecule has 3 aromatic rings. The normalized spacial score (nSPS) is 11.1. The van der Waals surface area contributed by atoms with Crippen molar-refractivity contribution in [3.05, 3.63) is 59.8 Å². The third kappa shape index (κ3) is 4.87. The molecule has 0 unspecified atom stereocenters. The van der Waals surface area contributed by atoms with E-state index in [0.29, 0.717) is 19.5 Å². The number of amides is 1. The van der Waals surface area contributed by atoms with Gasteiger partial charge in [0.15, 0.2) is 0 Å². The number of aromatic nitrogens is 2. The molecule has 7 nitrogen and oxygen atoms in total. The second kappa shape index (κ2) is 9.65. The number of hydrogen-bond donors (Lipinski definition) is 3. The molecule has 0 aliphatic rings. The molecule has 0 aliphatic heterocycles. The number of halogens is 1. The molecule has 0 atom stereocenters. The molecule has 0 fully saturated rings. The minimum atomic E-state index is -0.431. The number of pyridine rings is 1. The summed E-state index contributed by atoms with van der Waals surface area (Å²) in [4.78, 5) is 21.9. The van der Waals surface area contributed by atoms with Gasteiger partial charge < -0.3 is 9.67 Å². The Kier molecular flexibility index (Phi) is 6.99. The highest BCUT2D eigenvalue weighted by molar-refractivity contribution is 7.97. The average molecular weight is 404 g/mol. The lowest BCUT2D eigenvalue weighted by molar-refractivity contribution is 0.0532. The van der Waals surface area contributed by atoms with Crippen molar-refractivity contribution in [2.24, 2.45) is 0 Å². The van der Waals surface area contributed by atoms with E-state index in [1.54, 1.807) is 24.4 Å². The van der Waals surface area contributed by atoms with Crippen molar-refractivity contribution in [3.8, 4) is 0 Å². The Labute approximate surface area is 166 Å². The summed E-state index contributed by atoms with van der Waals surface area (Å²) in [6.07, 6.45) is 4.25. The molecular weight excluding hydrogens is 383 g/mol. The van der Waals surface area contributed by atoms with Gasteiger partial charge in [-0.05, 0) is 42.1 Å². The summed E-state index contributed by atoms with van der Waals surface area (Å²) in [7, 11) is 1.36. The quantitative estimate of drug-likeness (QED) is 0.289. The van der Waals surface area contributed by atoms with E-state index < -0.39 is 5.91 Å². The minimum absolute atomic E-state index is 0.116. The summed E-state index contributed by atoms with van der Waals surface area (Å²) in [5, 5.41) is 9.79. The number of aliphatic hydroxyl groups excluding tert-OH is 1. The Morgan fingerprint density at radius 1 is 1.36 bits per heavy atom. The molecule has 0 bridgehead atoms. The summed E-state index contributed by atoms with van der Waals surface area (Å²) in [5.41, 5.74) is 4.31. The third-order valence-corrected chi connectivity index (χ3v) is 4.94. The number of aliphatic hydroxyl groups is 1. The predicted octanol–water partition coefficient (Wildman–Crippen LogP) is 2.49. The summed E-state index contributed by atoms with van der Waals surface area (Å²) >= 11 is 1.42. The van der Waals surface area contributed by atoms with Crippen LogP contribution in [0.4, 0.5) is 4.39 Å². The maximum Gasteiger partial charge on any atom is 0.293 e. The predicted molar refractivity (Wildman–Crippen MR) is 105 cm³/mol. The van der Waals surface area contributed by atoms with Gasteiger partial charge >= 0.3 is 0 Å². The number of hydroxylamine groups is 1. The van der Waals surface area contributed by atoms with E-state index in [2.05, 4.69) is 20.0 Å². The zero-order valence-electron chi connectivity index (χ0n) is 15.3. The smallest absolute Gasteiger partial charge is 0.293 e. The zero-order valence-corrected chi connectivity index (χ0v) is 16.1. The van der Waals surface area contributed by atoms with E-state index in [-0.39, 0.29) is 18.1 Å². The molecule has 3 rings (SSSR count). The van der Waals surface area contributed by atoms with Crippen LogP contribution >= 0.6 is 11.9 Å². The lowest BCUT2D eigenvalue weighted by Gasteiger charge is -2.06. The van der Waals surface area contributed by atoms with Crippen LogP contribution in [0.15, 0.2) is 47.6 Å². The number of nitrogens with one attached hydrogen (secondary N) is 2. The zero-order chi connectivity index (χ0) is 19.9. The number of rotatable bonds is 9. The van der Waals surface area contributed by atoms with Gasteiger partial charge in [0, 0.05) is 36.2 Å². The van der Waals surface area contributed by atoms with E-state index in [4.69, 9.17) is 5.11 Å². The molecule has 1 amide bonds. The molecule has 0 spiro atoms. The Hall–Kier alpha value is -2.46. The van der Waals surface area contributed by atoms with E-state index in [1.165, 1.54) is 31.2 Å². The molecule has 0 saturated heterocycles. The SMILES string of the molecule is CONC(=O)c1cc2c(SNCCCO)cn(Cc3ccc(F)cc3)c2cn1. The molecule has 0 aliphatic carbocycles. The highest BCUT2D eigenvalue weighted by Gasteiger charge is 2.14. The third-order valence-electron chi connectivity index (χ3n) is 4.04. The number of carbonyl (C=O) groups is 1. The highest BCUT2D eigenvalue weighted by Crippen LogP contribution is 2.29. The monoisotopic (exact) mass is 404 g/mol. The van der Waals surface area contributed by atoms with Crippen molar-refractivity contribution < 1.29 is 19.1 Å². The summed E-state index contributed by atoms with van der Waals surface area (Å²) < 4.78 is 18.4. The van der Waals surface area contributed by atoms with Crippen LogP contribution in [0, 0.1) is 5.82 Å². The molecule has 28 heavy (non-hydrogen) atoms. The van der Waals surface area contributed by atoms with Crippen molar-refractivity contribution in [2.45, 2.75) is 17.9 Å². The van der Waals surface area contributed by atoms with Gasteiger partial charge in [-0.1, -0.05) is 12.1 Å². The van der Waals surface area contributed by atoms with E-state index >= 15 is 0 Å². The van der Waals surface area contributed by atoms with Crippen molar-refractivity contribution in [1.82, 2.24) is 19.8 Å². The highest BCUT2D eigenvalue weighted by atomic mass is 32.2. The molecule has 9 heteroatoms. The van der Waals surface area contributed by atoms with Crippen molar-refractivity contribution in [1.29, 1.82) is 0 Å². The van der Waals surface area contributed by atoms with E-state index in [9.17, 15) is 9.18 Å². The van der Waals surface area contributed by atoms with Gasteiger partial charge in [0.05, 0.1) is 18.8 Å². The van der Waals surface area contributed by atoms with Crippen LogP contribution in [0.1, 0.15) is 22.5 Å². The van der Waals surface area contributed by atoms with E-state index in [1.807, 2.05) is 10.8 Å². The van der Waals surface area contributed by atoms with Crippen LogP contribution in [0.5, 0.6) is 0 Å². The van der Waals surface area contributed by atoms with E-state index in [0.717, 1.165) is 21.4 Å². The van der Waals surface area contributed by atoms with Crippen LogP contribution in [-0.2, 0) is 11.4 Å². The molecule has 148 valence electrons. The van der Waals surface area contributed by atoms with Gasteiger partial charge in [0.25, 0.3) is 5.91 Å². The Morgan fingerprint density at radius 2 is 2.14 bits per heavy atom. The molecule has 2 aromatic heterocycles. The molecule has 3 N–H and O–H groups in total. The van der Waals surface area contributed by atoms with Crippen molar-refractivity contribution in [2.75, 3.05) is 20.3 Å². The van der Waals surface area contributed by atoms with Crippen LogP contribution in [0.2, 0.25) is 0 Å². The maximum atomic E-state index is 13.2. The Balaban J connectivity index is 1.93. The first-order chi connectivity index (χ1) is 13.6. The van der Waals surface area contributed by atoms with Gasteiger partial charge in [0.2, 0.25) is 0 Å². The van der Waals surface area contributed by atoms with Gasteiger partial charge in [0.1, 0.15) is 11.5 Å². The number of benzene rings is 1. The summed E-state index contributed by atoms with van der Waals surface area (Å²) in [5.74, 6) is -0.708. The van der Waals surface area contributed by atoms with Gasteiger partial charge in [-0.2, -0.15) is 0 Å². The van der Waals surface area contributed by atoms with Crippen molar-refractivity contribution >= 4 is 28.8 Å². The van der Waals surface area contributed by atoms with Gasteiger partial charge in [-0.25, -0.2) is 14.9 Å². The number of hydrogen-bond acceptors (Lipinski definition) is 6. The lowest BCUT2D eigenvalue weighted by Crippen LogP contribution is -2.22. The van der Waals surface area contributed by atoms with Gasteiger partial charge in [-0.3, -0.25) is 14.4 Å². The molecule has 1 aromatic carbocycles. The molecule has 0 saturated carbocycles. The van der Waals surface area contributed by atoms with Crippen LogP contribution < -0.4 is 10.2 Å². The first-order valence-corrected chi connectivity index (χ1v) is 9.51. The summed E-state index contributed by atoms with van der Waals surface area (Å²) in [6.45, 7) is 1.30. The fourth-order valence-electron chi connectivity index (χ4n) is 2.70. The largest absolute Gasteiger partial charge is 0.396 e. The van der Waals surface area contributed by atoms with Crippen LogP contribution in [-0.4, -0.2) is 40.8 Å². The first kappa shape index (κ1) is 20.3. The molecule has 2 heterocycles. The standard InChI is InChI=1S/C19H21FN4O3S/c1-27-23-19(26)16-9-15-17(10-21-16)24(11-13-3-5-14(20)6-4-13)12-18(15)28-22-7-2-8-25/h3-6,9-10,12,22,25H,2,7-8,11H2,1H3,(H,23,26). The fourth-order valence-corrected chi connectivity index (χ4v) is 3.56. The second-order valence-electron chi connectivity index (χ2n) is 6.04.